The van der Waals surface area contributed by atoms with E-state index >= 15 is 0 Å². The summed E-state index contributed by atoms with van der Waals surface area (Å²) in [6.07, 6.45) is 0. The van der Waals surface area contributed by atoms with E-state index in [2.05, 4.69) is 10.2 Å². The molecular weight excluding hydrogens is 252 g/mol. The van der Waals surface area contributed by atoms with Gasteiger partial charge in [-0.1, -0.05) is 30.3 Å². The summed E-state index contributed by atoms with van der Waals surface area (Å²) in [5.41, 5.74) is 13.2. The van der Waals surface area contributed by atoms with Crippen molar-refractivity contribution in [2.24, 2.45) is 21.7 Å². The molecule has 2 aromatic carbocycles. The zero-order valence-electron chi connectivity index (χ0n) is 11.2. The van der Waals surface area contributed by atoms with Gasteiger partial charge in [0.15, 0.2) is 0 Å². The van der Waals surface area contributed by atoms with Gasteiger partial charge in [-0.15, -0.1) is 10.2 Å². The van der Waals surface area contributed by atoms with Crippen molar-refractivity contribution in [3.05, 3.63) is 65.7 Å². The molecule has 0 aromatic heterocycles. The van der Waals surface area contributed by atoms with E-state index < -0.39 is 0 Å². The normalized spacial score (nSPS) is 10.9. The molecule has 0 saturated heterocycles. The highest BCUT2D eigenvalue weighted by Crippen LogP contribution is 2.16. The summed E-state index contributed by atoms with van der Waals surface area (Å²) < 4.78 is 5.15. The van der Waals surface area contributed by atoms with Crippen molar-refractivity contribution in [1.29, 1.82) is 0 Å². The molecule has 0 radical (unpaired) electrons. The highest BCUT2D eigenvalue weighted by atomic mass is 16.5. The molecule has 5 heteroatoms. The van der Waals surface area contributed by atoms with Crippen molar-refractivity contribution in [2.75, 3.05) is 7.11 Å². The lowest BCUT2D eigenvalue weighted by atomic mass is 10.0. The Bertz CT molecular complexity index is 614. The molecule has 0 aliphatic carbocycles. The van der Waals surface area contributed by atoms with Crippen LogP contribution in [0.2, 0.25) is 0 Å². The summed E-state index contributed by atoms with van der Waals surface area (Å²) in [4.78, 5) is 0. The van der Waals surface area contributed by atoms with Crippen LogP contribution < -0.4 is 16.2 Å². The summed E-state index contributed by atoms with van der Waals surface area (Å²) >= 11 is 0. The number of guanidine groups is 1. The lowest BCUT2D eigenvalue weighted by Gasteiger charge is -2.06. The fraction of sp³-hybridized carbons (Fsp3) is 0.0667. The number of nitrogens with zero attached hydrogens (tertiary/aromatic N) is 2. The van der Waals surface area contributed by atoms with Crippen LogP contribution in [0.4, 0.5) is 0 Å². The first kappa shape index (κ1) is 13.6. The average Bonchev–Trinajstić information content (AvgIpc) is 2.49. The molecule has 0 aliphatic heterocycles. The minimum Gasteiger partial charge on any atom is -0.497 e. The first-order valence-electron chi connectivity index (χ1n) is 6.07. The molecule has 0 aliphatic rings. The Morgan fingerprint density at radius 1 is 0.850 bits per heavy atom. The Hall–Kier alpha value is -2.82. The standard InChI is InChI=1S/C15H16N4O/c1-20-13-9-7-12(8-10-13)14(18-19-15(16)17)11-5-3-2-4-6-11/h2-10H,1H3,(H4,16,17,19)/b18-14+. The maximum absolute atomic E-state index is 5.34. The van der Waals surface area contributed by atoms with Crippen LogP contribution in [0.1, 0.15) is 11.1 Å². The van der Waals surface area contributed by atoms with E-state index in [1.807, 2.05) is 54.6 Å². The summed E-state index contributed by atoms with van der Waals surface area (Å²) in [7, 11) is 1.63. The molecule has 0 amide bonds. The van der Waals surface area contributed by atoms with Crippen LogP contribution in [0.3, 0.4) is 0 Å². The van der Waals surface area contributed by atoms with Gasteiger partial charge in [-0.3, -0.25) is 0 Å². The Morgan fingerprint density at radius 2 is 1.45 bits per heavy atom. The predicted octanol–water partition coefficient (Wildman–Crippen LogP) is 1.72. The summed E-state index contributed by atoms with van der Waals surface area (Å²) in [6.45, 7) is 0. The third-order valence-corrected chi connectivity index (χ3v) is 2.68. The fourth-order valence-electron chi connectivity index (χ4n) is 1.73. The molecule has 0 unspecified atom stereocenters. The maximum Gasteiger partial charge on any atom is 0.211 e. The molecule has 20 heavy (non-hydrogen) atoms. The molecule has 102 valence electrons. The van der Waals surface area contributed by atoms with Gasteiger partial charge >= 0.3 is 0 Å². The van der Waals surface area contributed by atoms with E-state index in [1.54, 1.807) is 7.11 Å². The number of hydrogen-bond donors (Lipinski definition) is 2. The first-order valence-corrected chi connectivity index (χ1v) is 6.07. The van der Waals surface area contributed by atoms with Gasteiger partial charge < -0.3 is 16.2 Å². The second kappa shape index (κ2) is 6.38. The molecule has 0 fully saturated rings. The minimum absolute atomic E-state index is 0.0769. The molecule has 0 atom stereocenters. The van der Waals surface area contributed by atoms with Crippen LogP contribution in [-0.4, -0.2) is 18.8 Å². The van der Waals surface area contributed by atoms with E-state index in [-0.39, 0.29) is 5.96 Å². The van der Waals surface area contributed by atoms with Gasteiger partial charge in [0.2, 0.25) is 5.96 Å². The zero-order valence-corrected chi connectivity index (χ0v) is 11.2. The van der Waals surface area contributed by atoms with Crippen molar-refractivity contribution < 1.29 is 4.74 Å². The van der Waals surface area contributed by atoms with Gasteiger partial charge in [-0.05, 0) is 24.3 Å². The van der Waals surface area contributed by atoms with Crippen molar-refractivity contribution in [1.82, 2.24) is 0 Å². The van der Waals surface area contributed by atoms with E-state index in [1.165, 1.54) is 0 Å². The van der Waals surface area contributed by atoms with Crippen LogP contribution in [0.25, 0.3) is 0 Å². The highest BCUT2D eigenvalue weighted by molar-refractivity contribution is 6.13. The van der Waals surface area contributed by atoms with E-state index in [0.29, 0.717) is 5.71 Å². The maximum atomic E-state index is 5.34. The van der Waals surface area contributed by atoms with Crippen molar-refractivity contribution in [2.45, 2.75) is 0 Å². The molecule has 2 aromatic rings. The quantitative estimate of drug-likeness (QED) is 0.503. The topological polar surface area (TPSA) is 86.0 Å². The average molecular weight is 268 g/mol. The molecule has 0 spiro atoms. The third kappa shape index (κ3) is 3.35. The number of rotatable bonds is 4. The van der Waals surface area contributed by atoms with Gasteiger partial charge in [0.25, 0.3) is 0 Å². The lowest BCUT2D eigenvalue weighted by molar-refractivity contribution is 0.415. The molecule has 0 bridgehead atoms. The molecule has 0 saturated carbocycles. The van der Waals surface area contributed by atoms with Crippen LogP contribution in [0.5, 0.6) is 5.75 Å². The minimum atomic E-state index is -0.0769. The Labute approximate surface area is 117 Å². The van der Waals surface area contributed by atoms with Crippen molar-refractivity contribution in [3.8, 4) is 5.75 Å². The highest BCUT2D eigenvalue weighted by Gasteiger charge is 2.07. The molecule has 0 heterocycles. The second-order valence-corrected chi connectivity index (χ2v) is 4.07. The van der Waals surface area contributed by atoms with Crippen LogP contribution in [0, 0.1) is 0 Å². The lowest BCUT2D eigenvalue weighted by Crippen LogP contribution is -2.22. The molecule has 2 rings (SSSR count). The number of ether oxygens (including phenoxy) is 1. The first-order chi connectivity index (χ1) is 9.70. The third-order valence-electron chi connectivity index (χ3n) is 2.68. The van der Waals surface area contributed by atoms with Crippen LogP contribution >= 0.6 is 0 Å². The van der Waals surface area contributed by atoms with E-state index in [4.69, 9.17) is 16.2 Å². The molecule has 5 nitrogen and oxygen atoms in total. The second-order valence-electron chi connectivity index (χ2n) is 4.07. The van der Waals surface area contributed by atoms with Gasteiger partial charge in [0, 0.05) is 11.1 Å². The summed E-state index contributed by atoms with van der Waals surface area (Å²) in [5.74, 6) is 0.704. The monoisotopic (exact) mass is 268 g/mol. The Kier molecular flexibility index (Phi) is 4.34. The predicted molar refractivity (Wildman–Crippen MR) is 80.9 cm³/mol. The van der Waals surface area contributed by atoms with E-state index in [9.17, 15) is 0 Å². The van der Waals surface area contributed by atoms with Crippen LogP contribution in [0.15, 0.2) is 64.8 Å². The van der Waals surface area contributed by atoms with Crippen LogP contribution in [-0.2, 0) is 0 Å². The number of benzene rings is 2. The smallest absolute Gasteiger partial charge is 0.211 e. The van der Waals surface area contributed by atoms with Gasteiger partial charge in [-0.2, -0.15) is 0 Å². The zero-order chi connectivity index (χ0) is 14.4. The van der Waals surface area contributed by atoms with Crippen molar-refractivity contribution in [3.63, 3.8) is 0 Å². The SMILES string of the molecule is COc1ccc(/C(=N/N=C(N)N)c2ccccc2)cc1. The Morgan fingerprint density at radius 3 is 2.00 bits per heavy atom. The number of hydrogen-bond acceptors (Lipinski definition) is 3. The molecular formula is C15H16N4O. The number of methoxy groups -OCH3 is 1. The van der Waals surface area contributed by atoms with Crippen molar-refractivity contribution >= 4 is 11.7 Å². The van der Waals surface area contributed by atoms with Gasteiger partial charge in [0.1, 0.15) is 11.5 Å². The fourth-order valence-corrected chi connectivity index (χ4v) is 1.73. The Balaban J connectivity index is 2.46. The number of nitrogens with two attached hydrogens (primary N) is 2. The summed E-state index contributed by atoms with van der Waals surface area (Å²) in [6, 6.07) is 17.3. The van der Waals surface area contributed by atoms with Gasteiger partial charge in [-0.25, -0.2) is 0 Å². The molecule has 4 N–H and O–H groups in total. The van der Waals surface area contributed by atoms with E-state index in [0.717, 1.165) is 16.9 Å². The largest absolute Gasteiger partial charge is 0.497 e. The summed E-state index contributed by atoms with van der Waals surface area (Å²) in [5, 5.41) is 7.88. The van der Waals surface area contributed by atoms with Gasteiger partial charge in [0.05, 0.1) is 7.11 Å².